The van der Waals surface area contributed by atoms with Gasteiger partial charge in [0, 0.05) is 25.1 Å². The number of fused-ring (bicyclic) bond motifs is 1. The summed E-state index contributed by atoms with van der Waals surface area (Å²) < 4.78 is 6.20. The van der Waals surface area contributed by atoms with Gasteiger partial charge in [0.15, 0.2) is 0 Å². The summed E-state index contributed by atoms with van der Waals surface area (Å²) in [5.41, 5.74) is 4.01. The predicted octanol–water partition coefficient (Wildman–Crippen LogP) is 6.32. The topological polar surface area (TPSA) is 66.8 Å². The lowest BCUT2D eigenvalue weighted by atomic mass is 9.97. The van der Waals surface area contributed by atoms with Crippen LogP contribution in [0.15, 0.2) is 109 Å². The fourth-order valence-corrected chi connectivity index (χ4v) is 4.23. The second-order valence-corrected chi connectivity index (χ2v) is 9.09. The fourth-order valence-electron chi connectivity index (χ4n) is 4.23. The molecule has 4 aromatic carbocycles. The molecule has 0 bridgehead atoms. The molecule has 0 saturated heterocycles. The molecule has 5 heteroatoms. The molecule has 0 aliphatic carbocycles. The molecule has 0 aliphatic heterocycles. The molecule has 38 heavy (non-hydrogen) atoms. The third kappa shape index (κ3) is 7.43. The zero-order valence-electron chi connectivity index (χ0n) is 21.4. The Balaban J connectivity index is 1.60. The number of hydrogen-bond donors (Lipinski definition) is 1. The van der Waals surface area contributed by atoms with Gasteiger partial charge >= 0.3 is 5.97 Å². The standard InChI is InChI=1S/C33H31NO4/c1-34(20-19-25-11-4-2-5-12-25)32(35)23-28-21-27(15-8-9-18-33(36)37)22-30-29(28)16-10-17-31(30)38-24-26-13-6-3-7-14-26/h2-18,21-22H,19-20,23-24H2,1H3,(H,36,37)/b15-8+,18-9+. The lowest BCUT2D eigenvalue weighted by molar-refractivity contribution is -0.131. The molecule has 4 aromatic rings. The van der Waals surface area contributed by atoms with Crippen LogP contribution in [0.4, 0.5) is 0 Å². The third-order valence-corrected chi connectivity index (χ3v) is 6.29. The number of ether oxygens (including phenoxy) is 1. The number of likely N-dealkylation sites (N-methyl/N-ethyl adjacent to an activating group) is 1. The van der Waals surface area contributed by atoms with Crippen LogP contribution in [0.1, 0.15) is 22.3 Å². The molecule has 0 unspecified atom stereocenters. The van der Waals surface area contributed by atoms with Gasteiger partial charge in [0.25, 0.3) is 0 Å². The van der Waals surface area contributed by atoms with Crippen LogP contribution >= 0.6 is 0 Å². The normalized spacial score (nSPS) is 11.3. The second kappa shape index (κ2) is 13.1. The van der Waals surface area contributed by atoms with E-state index in [2.05, 4.69) is 12.1 Å². The number of nitrogens with zero attached hydrogens (tertiary/aromatic N) is 1. The summed E-state index contributed by atoms with van der Waals surface area (Å²) >= 11 is 0. The fraction of sp³-hybridized carbons (Fsp3) is 0.152. The summed E-state index contributed by atoms with van der Waals surface area (Å²) in [4.78, 5) is 25.8. The molecule has 0 radical (unpaired) electrons. The van der Waals surface area contributed by atoms with E-state index in [1.807, 2.05) is 92.0 Å². The van der Waals surface area contributed by atoms with Crippen LogP contribution in [0.25, 0.3) is 16.8 Å². The van der Waals surface area contributed by atoms with Gasteiger partial charge in [-0.05, 0) is 46.2 Å². The molecule has 192 valence electrons. The number of carboxylic acid groups (broad SMARTS) is 1. The van der Waals surface area contributed by atoms with E-state index in [0.29, 0.717) is 13.2 Å². The first kappa shape index (κ1) is 26.4. The maximum atomic E-state index is 13.2. The largest absolute Gasteiger partial charge is 0.488 e. The number of carbonyl (C=O) groups excluding carboxylic acids is 1. The minimum Gasteiger partial charge on any atom is -0.488 e. The van der Waals surface area contributed by atoms with Crippen molar-refractivity contribution in [1.29, 1.82) is 0 Å². The van der Waals surface area contributed by atoms with Gasteiger partial charge in [0.2, 0.25) is 5.91 Å². The SMILES string of the molecule is CN(CCc1ccccc1)C(=O)Cc1cc(/C=C/C=C/C(=O)O)cc2c(OCc3ccccc3)cccc12. The van der Waals surface area contributed by atoms with Crippen molar-refractivity contribution in [3.63, 3.8) is 0 Å². The van der Waals surface area contributed by atoms with Crippen molar-refractivity contribution in [3.05, 3.63) is 131 Å². The van der Waals surface area contributed by atoms with E-state index in [1.165, 1.54) is 11.6 Å². The van der Waals surface area contributed by atoms with E-state index in [-0.39, 0.29) is 12.3 Å². The summed E-state index contributed by atoms with van der Waals surface area (Å²) in [6.45, 7) is 1.06. The summed E-state index contributed by atoms with van der Waals surface area (Å²) in [5.74, 6) is -0.242. The summed E-state index contributed by atoms with van der Waals surface area (Å²) in [6, 6.07) is 30.0. The van der Waals surface area contributed by atoms with Gasteiger partial charge < -0.3 is 14.7 Å². The van der Waals surface area contributed by atoms with Gasteiger partial charge in [-0.2, -0.15) is 0 Å². The Morgan fingerprint density at radius 1 is 0.842 bits per heavy atom. The molecule has 0 spiro atoms. The number of rotatable bonds is 11. The third-order valence-electron chi connectivity index (χ3n) is 6.29. The average Bonchev–Trinajstić information content (AvgIpc) is 2.94. The summed E-state index contributed by atoms with van der Waals surface area (Å²) in [7, 11) is 1.84. The highest BCUT2D eigenvalue weighted by Crippen LogP contribution is 2.31. The van der Waals surface area contributed by atoms with E-state index in [4.69, 9.17) is 9.84 Å². The Kier molecular flexibility index (Phi) is 9.08. The van der Waals surface area contributed by atoms with Gasteiger partial charge in [0.05, 0.1) is 6.42 Å². The maximum Gasteiger partial charge on any atom is 0.328 e. The number of amides is 1. The Bertz CT molecular complexity index is 1440. The molecule has 0 fully saturated rings. The minimum atomic E-state index is -1.01. The molecule has 0 saturated carbocycles. The van der Waals surface area contributed by atoms with E-state index < -0.39 is 5.97 Å². The molecule has 5 nitrogen and oxygen atoms in total. The Morgan fingerprint density at radius 2 is 1.55 bits per heavy atom. The number of benzene rings is 4. The smallest absolute Gasteiger partial charge is 0.328 e. The van der Waals surface area contributed by atoms with Crippen molar-refractivity contribution in [3.8, 4) is 5.75 Å². The predicted molar refractivity (Wildman–Crippen MR) is 152 cm³/mol. The first-order valence-corrected chi connectivity index (χ1v) is 12.6. The molecule has 4 rings (SSSR count). The Labute approximate surface area is 223 Å². The number of aliphatic carboxylic acids is 1. The lowest BCUT2D eigenvalue weighted by Crippen LogP contribution is -2.30. The molecular weight excluding hydrogens is 474 g/mol. The highest BCUT2D eigenvalue weighted by molar-refractivity contribution is 5.95. The van der Waals surface area contributed by atoms with E-state index >= 15 is 0 Å². The first-order valence-electron chi connectivity index (χ1n) is 12.6. The van der Waals surface area contributed by atoms with Crippen LogP contribution in [0, 0.1) is 0 Å². The molecule has 0 aromatic heterocycles. The summed E-state index contributed by atoms with van der Waals surface area (Å²) in [5, 5.41) is 10.7. The van der Waals surface area contributed by atoms with Crippen LogP contribution in [-0.2, 0) is 29.0 Å². The molecular formula is C33H31NO4. The monoisotopic (exact) mass is 505 g/mol. The molecule has 1 amide bonds. The van der Waals surface area contributed by atoms with Gasteiger partial charge in [-0.3, -0.25) is 4.79 Å². The van der Waals surface area contributed by atoms with Crippen molar-refractivity contribution in [2.24, 2.45) is 0 Å². The van der Waals surface area contributed by atoms with Crippen LogP contribution in [-0.4, -0.2) is 35.5 Å². The summed E-state index contributed by atoms with van der Waals surface area (Å²) in [6.07, 6.45) is 7.11. The quantitative estimate of drug-likeness (QED) is 0.191. The molecule has 0 heterocycles. The second-order valence-electron chi connectivity index (χ2n) is 9.09. The minimum absolute atomic E-state index is 0.0322. The van der Waals surface area contributed by atoms with E-state index in [0.717, 1.165) is 45.7 Å². The zero-order chi connectivity index (χ0) is 26.7. The number of allylic oxidation sites excluding steroid dienone is 2. The first-order chi connectivity index (χ1) is 18.5. The van der Waals surface area contributed by atoms with Crippen molar-refractivity contribution in [2.75, 3.05) is 13.6 Å². The number of carbonyl (C=O) groups is 2. The Hall–Kier alpha value is -4.64. The van der Waals surface area contributed by atoms with Gasteiger partial charge in [-0.15, -0.1) is 0 Å². The highest BCUT2D eigenvalue weighted by atomic mass is 16.5. The zero-order valence-corrected chi connectivity index (χ0v) is 21.4. The number of hydrogen-bond acceptors (Lipinski definition) is 3. The lowest BCUT2D eigenvalue weighted by Gasteiger charge is -2.19. The molecule has 0 aliphatic rings. The van der Waals surface area contributed by atoms with E-state index in [1.54, 1.807) is 11.0 Å². The van der Waals surface area contributed by atoms with Crippen LogP contribution < -0.4 is 4.74 Å². The van der Waals surface area contributed by atoms with Gasteiger partial charge in [0.1, 0.15) is 12.4 Å². The Morgan fingerprint density at radius 3 is 2.26 bits per heavy atom. The van der Waals surface area contributed by atoms with Crippen molar-refractivity contribution in [1.82, 2.24) is 4.90 Å². The van der Waals surface area contributed by atoms with Crippen LogP contribution in [0.2, 0.25) is 0 Å². The number of carboxylic acids is 1. The van der Waals surface area contributed by atoms with Gasteiger partial charge in [-0.25, -0.2) is 4.79 Å². The van der Waals surface area contributed by atoms with Crippen molar-refractivity contribution < 1.29 is 19.4 Å². The molecule has 0 atom stereocenters. The molecule has 1 N–H and O–H groups in total. The average molecular weight is 506 g/mol. The van der Waals surface area contributed by atoms with Crippen molar-refractivity contribution in [2.45, 2.75) is 19.4 Å². The van der Waals surface area contributed by atoms with E-state index in [9.17, 15) is 9.59 Å². The van der Waals surface area contributed by atoms with Crippen LogP contribution in [0.3, 0.4) is 0 Å². The highest BCUT2D eigenvalue weighted by Gasteiger charge is 2.15. The maximum absolute atomic E-state index is 13.2. The van der Waals surface area contributed by atoms with Crippen molar-refractivity contribution >= 4 is 28.7 Å². The van der Waals surface area contributed by atoms with Gasteiger partial charge in [-0.1, -0.05) is 97.1 Å². The van der Waals surface area contributed by atoms with Crippen LogP contribution in [0.5, 0.6) is 5.75 Å².